The van der Waals surface area contributed by atoms with Crippen LogP contribution in [0.1, 0.15) is 12.5 Å². The van der Waals surface area contributed by atoms with Gasteiger partial charge in [0.25, 0.3) is 0 Å². The minimum Gasteiger partial charge on any atom is -0.475 e. The normalized spacial score (nSPS) is 10.6. The highest BCUT2D eigenvalue weighted by Crippen LogP contribution is 2.22. The molecule has 0 unspecified atom stereocenters. The molecule has 0 bridgehead atoms. The number of ether oxygens (including phenoxy) is 4. The Balaban J connectivity index is 1.43. The lowest BCUT2D eigenvalue weighted by Crippen LogP contribution is -2.14. The number of rotatable bonds is 12. The number of fused-ring (bicyclic) bond motifs is 1. The van der Waals surface area contributed by atoms with E-state index in [1.54, 1.807) is 49.4 Å². The van der Waals surface area contributed by atoms with Crippen LogP contribution >= 0.6 is 0 Å². The van der Waals surface area contributed by atoms with Crippen LogP contribution in [0.25, 0.3) is 22.2 Å². The van der Waals surface area contributed by atoms with E-state index in [0.717, 1.165) is 0 Å². The van der Waals surface area contributed by atoms with Crippen molar-refractivity contribution in [3.63, 3.8) is 0 Å². The van der Waals surface area contributed by atoms with E-state index < -0.39 is 11.6 Å². The summed E-state index contributed by atoms with van der Waals surface area (Å²) in [6, 6.07) is 13.9. The van der Waals surface area contributed by atoms with Crippen molar-refractivity contribution in [1.29, 1.82) is 5.26 Å². The van der Waals surface area contributed by atoms with Gasteiger partial charge in [-0.3, -0.25) is 0 Å². The first-order chi connectivity index (χ1) is 16.5. The van der Waals surface area contributed by atoms with Gasteiger partial charge in [-0.05, 0) is 36.8 Å². The fourth-order valence-electron chi connectivity index (χ4n) is 2.86. The maximum absolute atomic E-state index is 12.4. The lowest BCUT2D eigenvalue weighted by molar-refractivity contribution is -0.140. The van der Waals surface area contributed by atoms with Gasteiger partial charge >= 0.3 is 11.6 Å². The number of benzene rings is 1. The van der Waals surface area contributed by atoms with Crippen molar-refractivity contribution < 1.29 is 28.2 Å². The van der Waals surface area contributed by atoms with Crippen LogP contribution in [0, 0.1) is 11.3 Å². The highest BCUT2D eigenvalue weighted by atomic mass is 16.6. The fraction of sp³-hybridized carbons (Fsp3) is 0.280. The zero-order valence-electron chi connectivity index (χ0n) is 18.7. The maximum Gasteiger partial charge on any atom is 0.345 e. The number of carbonyl (C=O) groups is 1. The summed E-state index contributed by atoms with van der Waals surface area (Å²) in [5.74, 6) is -0.140. The van der Waals surface area contributed by atoms with Gasteiger partial charge in [0, 0.05) is 17.0 Å². The molecule has 0 atom stereocenters. The van der Waals surface area contributed by atoms with Crippen LogP contribution in [0.4, 0.5) is 0 Å². The van der Waals surface area contributed by atoms with E-state index in [1.807, 2.05) is 0 Å². The SMILES string of the molecule is C=C(C)C(=O)OCCOCCOCCOc1ccc2cc(-c3cccc(C#N)c3)c(=O)oc2n1. The second-order valence-corrected chi connectivity index (χ2v) is 7.17. The molecule has 0 aliphatic rings. The van der Waals surface area contributed by atoms with E-state index in [9.17, 15) is 9.59 Å². The van der Waals surface area contributed by atoms with E-state index in [0.29, 0.717) is 53.4 Å². The molecule has 0 saturated carbocycles. The zero-order chi connectivity index (χ0) is 24.3. The smallest absolute Gasteiger partial charge is 0.345 e. The number of nitriles is 1. The third-order valence-corrected chi connectivity index (χ3v) is 4.53. The van der Waals surface area contributed by atoms with Gasteiger partial charge in [-0.15, -0.1) is 0 Å². The average molecular weight is 464 g/mol. The van der Waals surface area contributed by atoms with Gasteiger partial charge in [-0.1, -0.05) is 18.7 Å². The molecule has 9 heteroatoms. The Morgan fingerprint density at radius 3 is 2.53 bits per heavy atom. The molecular formula is C25H24N2O7. The molecule has 0 aliphatic heterocycles. The van der Waals surface area contributed by atoms with Crippen LogP contribution in [-0.2, 0) is 19.0 Å². The van der Waals surface area contributed by atoms with E-state index >= 15 is 0 Å². The van der Waals surface area contributed by atoms with Crippen LogP contribution < -0.4 is 10.4 Å². The van der Waals surface area contributed by atoms with Crippen LogP contribution in [-0.4, -0.2) is 50.6 Å². The number of carbonyl (C=O) groups excluding carboxylic acids is 1. The Morgan fingerprint density at radius 2 is 1.79 bits per heavy atom. The van der Waals surface area contributed by atoms with Gasteiger partial charge < -0.3 is 23.4 Å². The van der Waals surface area contributed by atoms with E-state index in [4.69, 9.17) is 28.6 Å². The molecular weight excluding hydrogens is 440 g/mol. The van der Waals surface area contributed by atoms with Gasteiger partial charge in [0.05, 0.1) is 43.6 Å². The summed E-state index contributed by atoms with van der Waals surface area (Å²) < 4.78 is 26.5. The molecule has 1 aromatic carbocycles. The molecule has 0 amide bonds. The molecule has 0 radical (unpaired) electrons. The molecule has 176 valence electrons. The highest BCUT2D eigenvalue weighted by molar-refractivity contribution is 5.86. The highest BCUT2D eigenvalue weighted by Gasteiger charge is 2.10. The maximum atomic E-state index is 12.4. The first kappa shape index (κ1) is 24.6. The van der Waals surface area contributed by atoms with Crippen LogP contribution in [0.3, 0.4) is 0 Å². The molecule has 34 heavy (non-hydrogen) atoms. The van der Waals surface area contributed by atoms with Crippen LogP contribution in [0.2, 0.25) is 0 Å². The van der Waals surface area contributed by atoms with Crippen LogP contribution in [0.5, 0.6) is 5.88 Å². The molecule has 0 fully saturated rings. The number of nitrogens with zero attached hydrogens (tertiary/aromatic N) is 2. The second kappa shape index (κ2) is 12.3. The lowest BCUT2D eigenvalue weighted by Gasteiger charge is -2.08. The zero-order valence-corrected chi connectivity index (χ0v) is 18.7. The topological polar surface area (TPSA) is 121 Å². The summed E-state index contributed by atoms with van der Waals surface area (Å²) in [5.41, 5.74) is 1.36. The average Bonchev–Trinajstić information content (AvgIpc) is 2.84. The minimum absolute atomic E-state index is 0.157. The quantitative estimate of drug-likeness (QED) is 0.226. The summed E-state index contributed by atoms with van der Waals surface area (Å²) in [5, 5.41) is 9.70. The monoisotopic (exact) mass is 464 g/mol. The third kappa shape index (κ3) is 7.00. The number of esters is 1. The molecule has 2 heterocycles. The Hall–Kier alpha value is -4.00. The lowest BCUT2D eigenvalue weighted by atomic mass is 10.0. The summed E-state index contributed by atoms with van der Waals surface area (Å²) in [7, 11) is 0. The van der Waals surface area contributed by atoms with Gasteiger partial charge in [0.15, 0.2) is 0 Å². The van der Waals surface area contributed by atoms with Crippen molar-refractivity contribution in [1.82, 2.24) is 4.98 Å². The van der Waals surface area contributed by atoms with E-state index in [1.165, 1.54) is 0 Å². The molecule has 3 aromatic rings. The number of hydrogen-bond donors (Lipinski definition) is 0. The van der Waals surface area contributed by atoms with Gasteiger partial charge in [0.1, 0.15) is 13.2 Å². The van der Waals surface area contributed by atoms with Crippen LogP contribution in [0.15, 0.2) is 63.8 Å². The Labute approximate surface area is 196 Å². The number of pyridine rings is 1. The van der Waals surface area contributed by atoms with Crippen molar-refractivity contribution in [2.45, 2.75) is 6.92 Å². The van der Waals surface area contributed by atoms with E-state index in [-0.39, 0.29) is 25.5 Å². The third-order valence-electron chi connectivity index (χ3n) is 4.53. The summed E-state index contributed by atoms with van der Waals surface area (Å²) in [6.45, 7) is 6.77. The molecule has 3 rings (SSSR count). The Kier molecular flexibility index (Phi) is 8.91. The fourth-order valence-corrected chi connectivity index (χ4v) is 2.86. The second-order valence-electron chi connectivity index (χ2n) is 7.17. The van der Waals surface area contributed by atoms with Gasteiger partial charge in [0.2, 0.25) is 11.6 Å². The predicted molar refractivity (Wildman–Crippen MR) is 123 cm³/mol. The molecule has 0 saturated heterocycles. The van der Waals surface area contributed by atoms with E-state index in [2.05, 4.69) is 17.6 Å². The van der Waals surface area contributed by atoms with Crippen molar-refractivity contribution >= 4 is 17.1 Å². The largest absolute Gasteiger partial charge is 0.475 e. The molecule has 9 nitrogen and oxygen atoms in total. The number of hydrogen-bond acceptors (Lipinski definition) is 9. The first-order valence-corrected chi connectivity index (χ1v) is 10.5. The molecule has 0 N–H and O–H groups in total. The van der Waals surface area contributed by atoms with Gasteiger partial charge in [-0.25, -0.2) is 9.59 Å². The van der Waals surface area contributed by atoms with Gasteiger partial charge in [-0.2, -0.15) is 10.2 Å². The van der Waals surface area contributed by atoms with Crippen molar-refractivity contribution in [2.75, 3.05) is 39.6 Å². The van der Waals surface area contributed by atoms with Crippen molar-refractivity contribution in [3.8, 4) is 23.1 Å². The summed E-state index contributed by atoms with van der Waals surface area (Å²) in [6.07, 6.45) is 0. The Morgan fingerprint density at radius 1 is 1.06 bits per heavy atom. The molecule has 2 aromatic heterocycles. The van der Waals surface area contributed by atoms with Crippen molar-refractivity contribution in [3.05, 3.63) is 70.6 Å². The number of aromatic nitrogens is 1. The first-order valence-electron chi connectivity index (χ1n) is 10.5. The standard InChI is InChI=1S/C25H24N2O7/c1-17(2)24(28)33-13-11-31-9-8-30-10-12-32-22-7-6-20-15-21(25(29)34-23(20)27-22)19-5-3-4-18(14-19)16-26/h3-7,14-15H,1,8-13H2,2H3. The minimum atomic E-state index is -0.551. The molecule has 0 spiro atoms. The Bertz CT molecular complexity index is 1260. The summed E-state index contributed by atoms with van der Waals surface area (Å²) in [4.78, 5) is 27.9. The molecule has 0 aliphatic carbocycles. The predicted octanol–water partition coefficient (Wildman–Crippen LogP) is 3.26. The summed E-state index contributed by atoms with van der Waals surface area (Å²) >= 11 is 0. The van der Waals surface area contributed by atoms with Crippen molar-refractivity contribution in [2.24, 2.45) is 0 Å².